The second kappa shape index (κ2) is 9.28. The molecule has 164 valence electrons. The molecule has 8 atom stereocenters. The fourth-order valence-electron chi connectivity index (χ4n) is 7.52. The van der Waals surface area contributed by atoms with Gasteiger partial charge in [0.25, 0.3) is 0 Å². The lowest BCUT2D eigenvalue weighted by molar-refractivity contribution is -0.137. The van der Waals surface area contributed by atoms with Crippen LogP contribution in [-0.4, -0.2) is 34.9 Å². The van der Waals surface area contributed by atoms with Gasteiger partial charge in [-0.2, -0.15) is 0 Å². The highest BCUT2D eigenvalue weighted by molar-refractivity contribution is 5.82. The molecule has 8 unspecified atom stereocenters. The zero-order valence-electron chi connectivity index (χ0n) is 18.0. The highest BCUT2D eigenvalue weighted by atomic mass is 16.4. The van der Waals surface area contributed by atoms with Gasteiger partial charge in [-0.05, 0) is 85.9 Å². The molecule has 3 aliphatic rings. The number of hydrogen-bond acceptors (Lipinski definition) is 4. The molecule has 0 aromatic heterocycles. The summed E-state index contributed by atoms with van der Waals surface area (Å²) in [5.74, 6) is 1.62. The van der Waals surface area contributed by atoms with Gasteiger partial charge in [0.15, 0.2) is 0 Å². The summed E-state index contributed by atoms with van der Waals surface area (Å²) in [4.78, 5) is 35.5. The SMILES string of the molecule is CC(CCC(=O)O)C1CCC2C(CC=O)C(C3CCC(CO)CC3=O)CCC12C. The first-order chi connectivity index (χ1) is 13.8. The van der Waals surface area contributed by atoms with Crippen molar-refractivity contribution in [1.82, 2.24) is 0 Å². The van der Waals surface area contributed by atoms with Gasteiger partial charge in [-0.1, -0.05) is 13.8 Å². The van der Waals surface area contributed by atoms with E-state index < -0.39 is 5.97 Å². The average Bonchev–Trinajstić information content (AvgIpc) is 3.04. The molecule has 0 heterocycles. The summed E-state index contributed by atoms with van der Waals surface area (Å²) < 4.78 is 0. The number of aldehydes is 1. The van der Waals surface area contributed by atoms with E-state index in [9.17, 15) is 19.5 Å². The number of ketones is 1. The standard InChI is InChI=1S/C24H38O5/c1-15(3-8-23(28)29)20-6-7-21-18(10-12-25)17(9-11-24(20,21)2)19-5-4-16(14-26)13-22(19)27/h12,15-21,26H,3-11,13-14H2,1-2H3,(H,28,29). The van der Waals surface area contributed by atoms with Gasteiger partial charge in [0.05, 0.1) is 0 Å². The molecule has 0 aromatic carbocycles. The molecule has 0 amide bonds. The van der Waals surface area contributed by atoms with Crippen LogP contribution in [-0.2, 0) is 14.4 Å². The number of Topliss-reactive ketones (excluding diaryl/α,β-unsaturated/α-hetero) is 1. The van der Waals surface area contributed by atoms with Crippen molar-refractivity contribution in [2.45, 2.75) is 78.1 Å². The fourth-order valence-corrected chi connectivity index (χ4v) is 7.52. The number of carboxylic acid groups (broad SMARTS) is 1. The Balaban J connectivity index is 1.75. The smallest absolute Gasteiger partial charge is 0.303 e. The molecule has 0 aromatic rings. The van der Waals surface area contributed by atoms with Crippen molar-refractivity contribution in [3.63, 3.8) is 0 Å². The molecule has 0 spiro atoms. The van der Waals surface area contributed by atoms with E-state index in [4.69, 9.17) is 5.11 Å². The van der Waals surface area contributed by atoms with E-state index in [0.29, 0.717) is 48.7 Å². The Kier molecular flexibility index (Phi) is 7.19. The van der Waals surface area contributed by atoms with Crippen molar-refractivity contribution in [2.24, 2.45) is 46.8 Å². The van der Waals surface area contributed by atoms with Gasteiger partial charge in [-0.3, -0.25) is 9.59 Å². The van der Waals surface area contributed by atoms with Gasteiger partial charge in [0.1, 0.15) is 12.1 Å². The summed E-state index contributed by atoms with van der Waals surface area (Å²) in [7, 11) is 0. The Bertz CT molecular complexity index is 616. The van der Waals surface area contributed by atoms with Crippen LogP contribution < -0.4 is 0 Å². The summed E-state index contributed by atoms with van der Waals surface area (Å²) >= 11 is 0. The number of carboxylic acids is 1. The topological polar surface area (TPSA) is 91.7 Å². The van der Waals surface area contributed by atoms with E-state index in [1.807, 2.05) is 0 Å². The van der Waals surface area contributed by atoms with E-state index >= 15 is 0 Å². The summed E-state index contributed by atoms with van der Waals surface area (Å²) in [6.45, 7) is 4.66. The number of fused-ring (bicyclic) bond motifs is 1. The molecule has 5 nitrogen and oxygen atoms in total. The van der Waals surface area contributed by atoms with Gasteiger partial charge in [-0.15, -0.1) is 0 Å². The summed E-state index contributed by atoms with van der Waals surface area (Å²) in [5, 5.41) is 18.5. The number of aliphatic carboxylic acids is 1. The fraction of sp³-hybridized carbons (Fsp3) is 0.875. The van der Waals surface area contributed by atoms with Crippen LogP contribution in [0.25, 0.3) is 0 Å². The van der Waals surface area contributed by atoms with Crippen molar-refractivity contribution in [3.05, 3.63) is 0 Å². The second-order valence-corrected chi connectivity index (χ2v) is 10.4. The minimum Gasteiger partial charge on any atom is -0.481 e. The average molecular weight is 407 g/mol. The molecular formula is C24H38O5. The molecule has 3 rings (SSSR count). The minimum atomic E-state index is -0.726. The van der Waals surface area contributed by atoms with E-state index in [0.717, 1.165) is 44.8 Å². The molecule has 3 saturated carbocycles. The van der Waals surface area contributed by atoms with Crippen LogP contribution in [0, 0.1) is 46.8 Å². The van der Waals surface area contributed by atoms with Gasteiger partial charge in [0.2, 0.25) is 0 Å². The first-order valence-corrected chi connectivity index (χ1v) is 11.6. The molecule has 0 aliphatic heterocycles. The largest absolute Gasteiger partial charge is 0.481 e. The first-order valence-electron chi connectivity index (χ1n) is 11.6. The van der Waals surface area contributed by atoms with Gasteiger partial charge >= 0.3 is 5.97 Å². The molecule has 0 radical (unpaired) electrons. The van der Waals surface area contributed by atoms with Gasteiger partial charge in [0, 0.05) is 31.8 Å². The molecule has 0 bridgehead atoms. The van der Waals surface area contributed by atoms with Crippen LogP contribution in [0.4, 0.5) is 0 Å². The van der Waals surface area contributed by atoms with Crippen molar-refractivity contribution < 1.29 is 24.6 Å². The Hall–Kier alpha value is -1.23. The van der Waals surface area contributed by atoms with Crippen molar-refractivity contribution in [3.8, 4) is 0 Å². The highest BCUT2D eigenvalue weighted by Crippen LogP contribution is 2.63. The third-order valence-corrected chi connectivity index (χ3v) is 9.00. The van der Waals surface area contributed by atoms with Crippen molar-refractivity contribution >= 4 is 18.0 Å². The van der Waals surface area contributed by atoms with E-state index in [1.54, 1.807) is 0 Å². The lowest BCUT2D eigenvalue weighted by atomic mass is 9.53. The summed E-state index contributed by atoms with van der Waals surface area (Å²) in [6, 6.07) is 0. The Morgan fingerprint density at radius 1 is 1.24 bits per heavy atom. The molecular weight excluding hydrogens is 368 g/mol. The number of hydrogen-bond donors (Lipinski definition) is 2. The monoisotopic (exact) mass is 406 g/mol. The number of aliphatic hydroxyl groups is 1. The normalized spacial score (nSPS) is 41.0. The number of rotatable bonds is 8. The highest BCUT2D eigenvalue weighted by Gasteiger charge is 2.56. The molecule has 3 aliphatic carbocycles. The Morgan fingerprint density at radius 2 is 2.00 bits per heavy atom. The second-order valence-electron chi connectivity index (χ2n) is 10.4. The van der Waals surface area contributed by atoms with Crippen molar-refractivity contribution in [1.29, 1.82) is 0 Å². The molecule has 29 heavy (non-hydrogen) atoms. The van der Waals surface area contributed by atoms with E-state index in [-0.39, 0.29) is 36.2 Å². The molecule has 5 heteroatoms. The maximum atomic E-state index is 12.9. The maximum absolute atomic E-state index is 12.9. The van der Waals surface area contributed by atoms with Crippen LogP contribution >= 0.6 is 0 Å². The lowest BCUT2D eigenvalue weighted by Gasteiger charge is -2.52. The predicted molar refractivity (Wildman–Crippen MR) is 110 cm³/mol. The number of carbonyl (C=O) groups excluding carboxylic acids is 2. The summed E-state index contributed by atoms with van der Waals surface area (Å²) in [6.07, 6.45) is 9.05. The third-order valence-electron chi connectivity index (χ3n) is 9.00. The maximum Gasteiger partial charge on any atom is 0.303 e. The van der Waals surface area contributed by atoms with Crippen LogP contribution in [0.5, 0.6) is 0 Å². The van der Waals surface area contributed by atoms with Crippen molar-refractivity contribution in [2.75, 3.05) is 6.61 Å². The predicted octanol–water partition coefficient (Wildman–Crippen LogP) is 4.11. The Labute approximate surface area is 174 Å². The first kappa shape index (κ1) is 22.5. The van der Waals surface area contributed by atoms with E-state index in [2.05, 4.69) is 13.8 Å². The summed E-state index contributed by atoms with van der Waals surface area (Å²) in [5.41, 5.74) is 0.146. The lowest BCUT2D eigenvalue weighted by Crippen LogP contribution is -2.47. The van der Waals surface area contributed by atoms with Gasteiger partial charge < -0.3 is 15.0 Å². The minimum absolute atomic E-state index is 0.0517. The third kappa shape index (κ3) is 4.45. The number of aliphatic hydroxyl groups excluding tert-OH is 1. The van der Waals surface area contributed by atoms with E-state index in [1.165, 1.54) is 0 Å². The molecule has 2 N–H and O–H groups in total. The van der Waals surface area contributed by atoms with Crippen LogP contribution in [0.1, 0.15) is 78.1 Å². The number of carbonyl (C=O) groups is 3. The molecule has 3 fully saturated rings. The van der Waals surface area contributed by atoms with Gasteiger partial charge in [-0.25, -0.2) is 0 Å². The zero-order valence-corrected chi connectivity index (χ0v) is 18.0. The Morgan fingerprint density at radius 3 is 2.62 bits per heavy atom. The van der Waals surface area contributed by atoms with Crippen LogP contribution in [0.2, 0.25) is 0 Å². The molecule has 0 saturated heterocycles. The zero-order chi connectivity index (χ0) is 21.2. The van der Waals surface area contributed by atoms with Crippen LogP contribution in [0.15, 0.2) is 0 Å². The van der Waals surface area contributed by atoms with Crippen LogP contribution in [0.3, 0.4) is 0 Å². The quantitative estimate of drug-likeness (QED) is 0.592.